The Balaban J connectivity index is 2.15. The monoisotopic (exact) mass is 323 g/mol. The van der Waals surface area contributed by atoms with E-state index in [2.05, 4.69) is 4.72 Å². The minimum absolute atomic E-state index is 0.0832. The van der Waals surface area contributed by atoms with Gasteiger partial charge in [-0.3, -0.25) is 0 Å². The zero-order chi connectivity index (χ0) is 16.0. The molecule has 0 heterocycles. The van der Waals surface area contributed by atoms with E-state index in [4.69, 9.17) is 4.74 Å². The second-order valence-electron chi connectivity index (χ2n) is 4.66. The van der Waals surface area contributed by atoms with Crippen molar-refractivity contribution in [1.82, 2.24) is 4.72 Å². The molecule has 0 unspecified atom stereocenters. The highest BCUT2D eigenvalue weighted by molar-refractivity contribution is 7.89. The predicted molar refractivity (Wildman–Crippen MR) is 82.2 cm³/mol. The van der Waals surface area contributed by atoms with Crippen LogP contribution >= 0.6 is 0 Å². The molecule has 22 heavy (non-hydrogen) atoms. The minimum atomic E-state index is -3.89. The molecule has 0 aliphatic heterocycles. The van der Waals surface area contributed by atoms with Crippen LogP contribution in [0.1, 0.15) is 18.1 Å². The quantitative estimate of drug-likeness (QED) is 0.852. The molecule has 1 N–H and O–H groups in total. The molecule has 0 atom stereocenters. The lowest BCUT2D eigenvalue weighted by atomic mass is 10.1. The van der Waals surface area contributed by atoms with Gasteiger partial charge < -0.3 is 4.74 Å². The third-order valence-electron chi connectivity index (χ3n) is 3.16. The van der Waals surface area contributed by atoms with Crippen LogP contribution in [0.3, 0.4) is 0 Å². The van der Waals surface area contributed by atoms with Crippen LogP contribution in [-0.2, 0) is 27.9 Å². The summed E-state index contributed by atoms with van der Waals surface area (Å²) >= 11 is 0. The Kier molecular flexibility index (Phi) is 5.65. The maximum absolute atomic E-state index is 13.6. The van der Waals surface area contributed by atoms with E-state index in [0.29, 0.717) is 13.2 Å². The largest absolute Gasteiger partial charge is 0.377 e. The van der Waals surface area contributed by atoms with Crippen molar-refractivity contribution < 1.29 is 17.5 Å². The van der Waals surface area contributed by atoms with Crippen molar-refractivity contribution in [2.75, 3.05) is 6.61 Å². The van der Waals surface area contributed by atoms with Gasteiger partial charge in [0.15, 0.2) is 0 Å². The highest BCUT2D eigenvalue weighted by Gasteiger charge is 2.18. The molecule has 0 aliphatic carbocycles. The number of benzene rings is 2. The van der Waals surface area contributed by atoms with Gasteiger partial charge in [-0.2, -0.15) is 0 Å². The number of rotatable bonds is 7. The van der Waals surface area contributed by atoms with Crippen LogP contribution < -0.4 is 4.72 Å². The molecule has 0 aliphatic rings. The highest BCUT2D eigenvalue weighted by atomic mass is 32.2. The Bertz CT molecular complexity index is 732. The molecule has 4 nitrogen and oxygen atoms in total. The second-order valence-corrected chi connectivity index (χ2v) is 6.40. The van der Waals surface area contributed by atoms with E-state index >= 15 is 0 Å². The van der Waals surface area contributed by atoms with E-state index in [0.717, 1.165) is 17.2 Å². The number of hydrogen-bond acceptors (Lipinski definition) is 3. The Hall–Kier alpha value is -1.76. The van der Waals surface area contributed by atoms with E-state index in [9.17, 15) is 12.8 Å². The van der Waals surface area contributed by atoms with E-state index in [1.54, 1.807) is 0 Å². The third kappa shape index (κ3) is 4.13. The van der Waals surface area contributed by atoms with Gasteiger partial charge in [0, 0.05) is 13.2 Å². The first-order chi connectivity index (χ1) is 10.5. The summed E-state index contributed by atoms with van der Waals surface area (Å²) in [5, 5.41) is 0. The molecule has 0 saturated carbocycles. The normalized spacial score (nSPS) is 11.5. The van der Waals surface area contributed by atoms with Gasteiger partial charge in [0.05, 0.1) is 6.61 Å². The fourth-order valence-corrected chi connectivity index (χ4v) is 3.08. The van der Waals surface area contributed by atoms with Crippen molar-refractivity contribution >= 4 is 10.0 Å². The van der Waals surface area contributed by atoms with Gasteiger partial charge in [-0.05, 0) is 30.2 Å². The van der Waals surface area contributed by atoms with E-state index < -0.39 is 15.8 Å². The third-order valence-corrected chi connectivity index (χ3v) is 4.59. The lowest BCUT2D eigenvalue weighted by Crippen LogP contribution is -2.24. The maximum Gasteiger partial charge on any atom is 0.243 e. The van der Waals surface area contributed by atoms with E-state index in [1.807, 2.05) is 31.2 Å². The van der Waals surface area contributed by atoms with Crippen LogP contribution in [0.2, 0.25) is 0 Å². The Morgan fingerprint density at radius 3 is 2.36 bits per heavy atom. The zero-order valence-electron chi connectivity index (χ0n) is 12.3. The van der Waals surface area contributed by atoms with Crippen molar-refractivity contribution in [1.29, 1.82) is 0 Å². The summed E-state index contributed by atoms with van der Waals surface area (Å²) in [6.45, 7) is 2.97. The number of halogens is 1. The van der Waals surface area contributed by atoms with Gasteiger partial charge in [-0.15, -0.1) is 0 Å². The average Bonchev–Trinajstić information content (AvgIpc) is 2.52. The molecule has 0 fully saturated rings. The Morgan fingerprint density at radius 2 is 1.68 bits per heavy atom. The van der Waals surface area contributed by atoms with Crippen molar-refractivity contribution in [2.24, 2.45) is 0 Å². The maximum atomic E-state index is 13.6. The van der Waals surface area contributed by atoms with Gasteiger partial charge in [0.25, 0.3) is 0 Å². The molecule has 0 aromatic heterocycles. The summed E-state index contributed by atoms with van der Waals surface area (Å²) < 4.78 is 45.7. The molecule has 0 bridgehead atoms. The van der Waals surface area contributed by atoms with Crippen LogP contribution in [0.4, 0.5) is 4.39 Å². The number of hydrogen-bond donors (Lipinski definition) is 1. The molecular weight excluding hydrogens is 305 g/mol. The fourth-order valence-electron chi connectivity index (χ4n) is 2.00. The average molecular weight is 323 g/mol. The summed E-state index contributed by atoms with van der Waals surface area (Å²) in [4.78, 5) is -0.350. The molecule has 2 aromatic rings. The van der Waals surface area contributed by atoms with Gasteiger partial charge in [-0.1, -0.05) is 36.4 Å². The standard InChI is InChI=1S/C16H18FNO3S/c1-2-21-12-14-8-4-3-7-13(14)11-18-22(19,20)16-10-6-5-9-15(16)17/h3-10,18H,2,11-12H2,1H3. The molecule has 0 amide bonds. The molecule has 0 saturated heterocycles. The molecule has 118 valence electrons. The SMILES string of the molecule is CCOCc1ccccc1CNS(=O)(=O)c1ccccc1F. The molecule has 0 radical (unpaired) electrons. The number of ether oxygens (including phenoxy) is 1. The topological polar surface area (TPSA) is 55.4 Å². The van der Waals surface area contributed by atoms with Crippen molar-refractivity contribution in [2.45, 2.75) is 25.0 Å². The zero-order valence-corrected chi connectivity index (χ0v) is 13.1. The first-order valence-electron chi connectivity index (χ1n) is 6.93. The van der Waals surface area contributed by atoms with Gasteiger partial charge >= 0.3 is 0 Å². The van der Waals surface area contributed by atoms with Crippen molar-refractivity contribution in [3.63, 3.8) is 0 Å². The highest BCUT2D eigenvalue weighted by Crippen LogP contribution is 2.15. The van der Waals surface area contributed by atoms with E-state index in [-0.39, 0.29) is 11.4 Å². The first-order valence-corrected chi connectivity index (χ1v) is 8.41. The summed E-state index contributed by atoms with van der Waals surface area (Å²) in [6, 6.07) is 12.7. The second kappa shape index (κ2) is 7.49. The molecular formula is C16H18FNO3S. The summed E-state index contributed by atoms with van der Waals surface area (Å²) in [6.07, 6.45) is 0. The van der Waals surface area contributed by atoms with E-state index in [1.165, 1.54) is 18.2 Å². The van der Waals surface area contributed by atoms with Crippen LogP contribution in [0.25, 0.3) is 0 Å². The first kappa shape index (κ1) is 16.6. The predicted octanol–water partition coefficient (Wildman–Crippen LogP) is 2.84. The Morgan fingerprint density at radius 1 is 1.05 bits per heavy atom. The lowest BCUT2D eigenvalue weighted by molar-refractivity contribution is 0.133. The lowest BCUT2D eigenvalue weighted by Gasteiger charge is -2.11. The molecule has 0 spiro atoms. The van der Waals surface area contributed by atoms with Crippen LogP contribution in [0, 0.1) is 5.82 Å². The minimum Gasteiger partial charge on any atom is -0.377 e. The fraction of sp³-hybridized carbons (Fsp3) is 0.250. The molecule has 6 heteroatoms. The molecule has 2 aromatic carbocycles. The summed E-state index contributed by atoms with van der Waals surface area (Å²) in [5.74, 6) is -0.766. The van der Waals surface area contributed by atoms with Crippen molar-refractivity contribution in [3.05, 3.63) is 65.5 Å². The van der Waals surface area contributed by atoms with Gasteiger partial charge in [0.2, 0.25) is 10.0 Å². The summed E-state index contributed by atoms with van der Waals surface area (Å²) in [7, 11) is -3.89. The van der Waals surface area contributed by atoms with Crippen LogP contribution in [-0.4, -0.2) is 15.0 Å². The van der Waals surface area contributed by atoms with Crippen molar-refractivity contribution in [3.8, 4) is 0 Å². The number of nitrogens with one attached hydrogen (secondary N) is 1. The Labute approximate surface area is 130 Å². The van der Waals surface area contributed by atoms with Gasteiger partial charge in [0.1, 0.15) is 10.7 Å². The van der Waals surface area contributed by atoms with Gasteiger partial charge in [-0.25, -0.2) is 17.5 Å². The van der Waals surface area contributed by atoms with Crippen LogP contribution in [0.15, 0.2) is 53.4 Å². The molecule has 2 rings (SSSR count). The van der Waals surface area contributed by atoms with Crippen LogP contribution in [0.5, 0.6) is 0 Å². The smallest absolute Gasteiger partial charge is 0.243 e. The number of sulfonamides is 1. The summed E-state index contributed by atoms with van der Waals surface area (Å²) in [5.41, 5.74) is 1.71.